The summed E-state index contributed by atoms with van der Waals surface area (Å²) in [6.45, 7) is 2.91. The topological polar surface area (TPSA) is 29.5 Å². The smallest absolute Gasteiger partial charge is 0.238 e. The normalized spacial score (nSPS) is 17.1. The number of nitrogens with zero attached hydrogens (tertiary/aromatic N) is 1. The Bertz CT molecular complexity index is 703. The minimum absolute atomic E-state index is 0.0129. The fourth-order valence-corrected chi connectivity index (χ4v) is 4.13. The van der Waals surface area contributed by atoms with Gasteiger partial charge in [0.2, 0.25) is 5.91 Å². The third-order valence-corrected chi connectivity index (χ3v) is 5.62. The molecule has 1 heterocycles. The first-order valence-electron chi connectivity index (χ1n) is 8.61. The zero-order valence-corrected chi connectivity index (χ0v) is 15.9. The molecule has 1 amide bonds. The van der Waals surface area contributed by atoms with E-state index in [1.165, 1.54) is 12.8 Å². The molecule has 1 saturated heterocycles. The molecule has 0 radical (unpaired) electrons. The molecule has 3 nitrogen and oxygen atoms in total. The fourth-order valence-electron chi connectivity index (χ4n) is 2.82. The number of amides is 1. The summed E-state index contributed by atoms with van der Waals surface area (Å²) in [7, 11) is 0. The Balaban J connectivity index is 1.72. The molecule has 0 aromatic heterocycles. The lowest BCUT2D eigenvalue weighted by Gasteiger charge is -2.24. The number of thioether (sulfide) groups is 1. The van der Waals surface area contributed by atoms with Crippen LogP contribution in [0.3, 0.4) is 0 Å². The highest BCUT2D eigenvalue weighted by molar-refractivity contribution is 8.00. The van der Waals surface area contributed by atoms with Gasteiger partial charge >= 0.3 is 0 Å². The number of anilines is 1. The number of hydrogen-bond acceptors (Lipinski definition) is 3. The number of carbonyl (C=O) groups excluding carboxylic acids is 1. The maximum atomic E-state index is 12.4. The van der Waals surface area contributed by atoms with Crippen LogP contribution in [0.15, 0.2) is 48.5 Å². The van der Waals surface area contributed by atoms with E-state index in [-0.39, 0.29) is 11.3 Å². The van der Waals surface area contributed by atoms with E-state index in [1.54, 1.807) is 11.8 Å². The van der Waals surface area contributed by atoms with E-state index in [1.807, 2.05) is 53.4 Å². The molecular weight excluding hydrogens is 354 g/mol. The van der Waals surface area contributed by atoms with E-state index in [0.29, 0.717) is 10.8 Å². The van der Waals surface area contributed by atoms with Crippen LogP contribution in [0.4, 0.5) is 5.69 Å². The minimum Gasteiger partial charge on any atom is -0.494 e. The molecule has 0 N–H and O–H groups in total. The largest absolute Gasteiger partial charge is 0.494 e. The second-order valence-electron chi connectivity index (χ2n) is 6.03. The predicted octanol–water partition coefficient (Wildman–Crippen LogP) is 5.69. The first kappa shape index (κ1) is 18.2. The lowest BCUT2D eigenvalue weighted by Crippen LogP contribution is -2.27. The number of ether oxygens (including phenoxy) is 1. The summed E-state index contributed by atoms with van der Waals surface area (Å²) in [6.07, 6.45) is 3.43. The molecule has 3 rings (SSSR count). The second kappa shape index (κ2) is 8.63. The average Bonchev–Trinajstić information content (AvgIpc) is 3.01. The van der Waals surface area contributed by atoms with Crippen LogP contribution in [0.1, 0.15) is 37.1 Å². The van der Waals surface area contributed by atoms with Gasteiger partial charge in [-0.25, -0.2) is 0 Å². The van der Waals surface area contributed by atoms with Crippen LogP contribution in [0.2, 0.25) is 5.02 Å². The molecule has 1 atom stereocenters. The Hall–Kier alpha value is -1.65. The van der Waals surface area contributed by atoms with E-state index in [2.05, 4.69) is 6.92 Å². The van der Waals surface area contributed by atoms with Gasteiger partial charge in [-0.2, -0.15) is 0 Å². The lowest BCUT2D eigenvalue weighted by molar-refractivity contribution is -0.115. The number of rotatable bonds is 7. The quantitative estimate of drug-likeness (QED) is 0.582. The van der Waals surface area contributed by atoms with Crippen molar-refractivity contribution in [3.05, 3.63) is 59.1 Å². The monoisotopic (exact) mass is 375 g/mol. The predicted molar refractivity (Wildman–Crippen MR) is 106 cm³/mol. The number of hydrogen-bond donors (Lipinski definition) is 0. The number of benzene rings is 2. The number of carbonyl (C=O) groups is 1. The molecule has 25 heavy (non-hydrogen) atoms. The van der Waals surface area contributed by atoms with Gasteiger partial charge in [0.05, 0.1) is 12.4 Å². The summed E-state index contributed by atoms with van der Waals surface area (Å²) in [5.74, 6) is 1.46. The Morgan fingerprint density at radius 2 is 1.84 bits per heavy atom. The summed E-state index contributed by atoms with van der Waals surface area (Å²) in [5, 5.41) is 0.690. The van der Waals surface area contributed by atoms with Crippen molar-refractivity contribution in [2.75, 3.05) is 17.3 Å². The third kappa shape index (κ3) is 4.50. The third-order valence-electron chi connectivity index (χ3n) is 4.15. The number of halogens is 1. The van der Waals surface area contributed by atoms with Crippen LogP contribution in [-0.4, -0.2) is 18.3 Å². The highest BCUT2D eigenvalue weighted by atomic mass is 35.5. The van der Waals surface area contributed by atoms with E-state index >= 15 is 0 Å². The second-order valence-corrected chi connectivity index (χ2v) is 7.53. The lowest BCUT2D eigenvalue weighted by atomic mass is 10.2. The van der Waals surface area contributed by atoms with Crippen LogP contribution in [0.25, 0.3) is 0 Å². The molecule has 0 spiro atoms. The Labute approximate surface area is 158 Å². The molecule has 2 aromatic carbocycles. The van der Waals surface area contributed by atoms with Gasteiger partial charge in [0.25, 0.3) is 0 Å². The van der Waals surface area contributed by atoms with Gasteiger partial charge in [0, 0.05) is 10.7 Å². The van der Waals surface area contributed by atoms with Crippen molar-refractivity contribution in [3.8, 4) is 5.75 Å². The van der Waals surface area contributed by atoms with Crippen molar-refractivity contribution in [2.24, 2.45) is 0 Å². The van der Waals surface area contributed by atoms with Crippen molar-refractivity contribution >= 4 is 35.0 Å². The molecule has 5 heteroatoms. The molecule has 0 bridgehead atoms. The van der Waals surface area contributed by atoms with Gasteiger partial charge in [-0.1, -0.05) is 43.5 Å². The zero-order valence-electron chi connectivity index (χ0n) is 14.3. The Morgan fingerprint density at radius 1 is 1.12 bits per heavy atom. The van der Waals surface area contributed by atoms with Crippen molar-refractivity contribution in [1.29, 1.82) is 0 Å². The molecule has 0 saturated carbocycles. The van der Waals surface area contributed by atoms with Crippen LogP contribution in [0.5, 0.6) is 5.75 Å². The summed E-state index contributed by atoms with van der Waals surface area (Å²) < 4.78 is 5.75. The maximum absolute atomic E-state index is 12.4. The minimum atomic E-state index is -0.0129. The fraction of sp³-hybridized carbons (Fsp3) is 0.350. The van der Waals surface area contributed by atoms with Gasteiger partial charge in [0.1, 0.15) is 11.1 Å². The molecule has 2 aromatic rings. The van der Waals surface area contributed by atoms with Crippen LogP contribution in [0, 0.1) is 0 Å². The summed E-state index contributed by atoms with van der Waals surface area (Å²) in [4.78, 5) is 14.3. The van der Waals surface area contributed by atoms with E-state index in [4.69, 9.17) is 16.3 Å². The maximum Gasteiger partial charge on any atom is 0.238 e. The van der Waals surface area contributed by atoms with Gasteiger partial charge < -0.3 is 4.74 Å². The Morgan fingerprint density at radius 3 is 2.52 bits per heavy atom. The van der Waals surface area contributed by atoms with Gasteiger partial charge in [-0.3, -0.25) is 9.69 Å². The SMILES string of the molecule is CCCCCOc1ccc(N2C(=O)CSC2c2ccc(Cl)cc2)cc1. The van der Waals surface area contributed by atoms with Gasteiger partial charge in [0.15, 0.2) is 0 Å². The molecule has 0 aliphatic carbocycles. The molecule has 132 valence electrons. The van der Waals surface area contributed by atoms with E-state index in [0.717, 1.165) is 30.0 Å². The number of unbranched alkanes of at least 4 members (excludes halogenated alkanes) is 2. The molecule has 1 aliphatic heterocycles. The molecule has 1 fully saturated rings. The highest BCUT2D eigenvalue weighted by Gasteiger charge is 2.33. The first-order valence-corrected chi connectivity index (χ1v) is 10.0. The van der Waals surface area contributed by atoms with Crippen molar-refractivity contribution in [3.63, 3.8) is 0 Å². The van der Waals surface area contributed by atoms with E-state index < -0.39 is 0 Å². The van der Waals surface area contributed by atoms with Crippen molar-refractivity contribution in [2.45, 2.75) is 31.6 Å². The Kier molecular flexibility index (Phi) is 6.27. The van der Waals surface area contributed by atoms with Crippen LogP contribution < -0.4 is 9.64 Å². The average molecular weight is 376 g/mol. The van der Waals surface area contributed by atoms with E-state index in [9.17, 15) is 4.79 Å². The van der Waals surface area contributed by atoms with Crippen molar-refractivity contribution < 1.29 is 9.53 Å². The van der Waals surface area contributed by atoms with Crippen LogP contribution in [-0.2, 0) is 4.79 Å². The molecule has 1 unspecified atom stereocenters. The molecular formula is C20H22ClNO2S. The van der Waals surface area contributed by atoms with Crippen molar-refractivity contribution in [1.82, 2.24) is 0 Å². The van der Waals surface area contributed by atoms with Gasteiger partial charge in [-0.15, -0.1) is 11.8 Å². The van der Waals surface area contributed by atoms with Gasteiger partial charge in [-0.05, 0) is 48.4 Å². The zero-order chi connectivity index (χ0) is 17.6. The standard InChI is InChI=1S/C20H22ClNO2S/c1-2-3-4-13-24-18-11-9-17(10-12-18)22-19(23)14-25-20(22)15-5-7-16(21)8-6-15/h5-12,20H,2-4,13-14H2,1H3. The summed E-state index contributed by atoms with van der Waals surface area (Å²) >= 11 is 7.62. The highest BCUT2D eigenvalue weighted by Crippen LogP contribution is 2.42. The summed E-state index contributed by atoms with van der Waals surface area (Å²) in [6, 6.07) is 15.5. The molecule has 1 aliphatic rings. The first-order chi connectivity index (χ1) is 12.2. The van der Waals surface area contributed by atoms with Crippen LogP contribution >= 0.6 is 23.4 Å². The summed E-state index contributed by atoms with van der Waals surface area (Å²) in [5.41, 5.74) is 1.98.